The van der Waals surface area contributed by atoms with Gasteiger partial charge in [0.1, 0.15) is 11.3 Å². The van der Waals surface area contributed by atoms with E-state index in [-0.39, 0.29) is 5.56 Å². The lowest BCUT2D eigenvalue weighted by atomic mass is 10.2. The number of aromatic nitrogens is 3. The van der Waals surface area contributed by atoms with Crippen molar-refractivity contribution in [2.24, 2.45) is 0 Å². The predicted molar refractivity (Wildman–Crippen MR) is 92.3 cm³/mol. The van der Waals surface area contributed by atoms with Crippen molar-refractivity contribution in [3.05, 3.63) is 66.7 Å². The monoisotopic (exact) mass is 390 g/mol. The highest BCUT2D eigenvalue weighted by Crippen LogP contribution is 2.23. The molecule has 10 heteroatoms. The molecule has 1 N–H and O–H groups in total. The van der Waals surface area contributed by atoms with Gasteiger partial charge >= 0.3 is 6.18 Å². The Bertz CT molecular complexity index is 935. The van der Waals surface area contributed by atoms with Gasteiger partial charge in [0.05, 0.1) is 6.20 Å². The van der Waals surface area contributed by atoms with Crippen LogP contribution in [-0.2, 0) is 0 Å². The third kappa shape index (κ3) is 5.40. The number of anilines is 1. The minimum atomic E-state index is -4.54. The second kappa shape index (κ2) is 8.33. The molecule has 0 spiro atoms. The van der Waals surface area contributed by atoms with Gasteiger partial charge in [0.15, 0.2) is 6.61 Å². The summed E-state index contributed by atoms with van der Waals surface area (Å²) in [5.74, 6) is -0.289. The Balaban J connectivity index is 1.66. The van der Waals surface area contributed by atoms with Crippen molar-refractivity contribution in [2.45, 2.75) is 6.18 Å². The lowest BCUT2D eigenvalue weighted by Crippen LogP contribution is -2.21. The fourth-order valence-corrected chi connectivity index (χ4v) is 2.09. The van der Waals surface area contributed by atoms with Crippen LogP contribution >= 0.6 is 0 Å². The first-order valence-electron chi connectivity index (χ1n) is 7.90. The molecule has 1 amide bonds. The van der Waals surface area contributed by atoms with Crippen molar-refractivity contribution in [3.8, 4) is 17.5 Å². The van der Waals surface area contributed by atoms with Crippen molar-refractivity contribution < 1.29 is 27.4 Å². The molecule has 0 aliphatic heterocycles. The number of hydrogen-bond acceptors (Lipinski definition) is 6. The van der Waals surface area contributed by atoms with Gasteiger partial charge in [-0.3, -0.25) is 9.78 Å². The minimum absolute atomic E-state index is 0.119. The summed E-state index contributed by atoms with van der Waals surface area (Å²) in [7, 11) is 0. The first-order chi connectivity index (χ1) is 13.4. The summed E-state index contributed by atoms with van der Waals surface area (Å²) in [5.41, 5.74) is 0.286. The Hall–Kier alpha value is -3.69. The Morgan fingerprint density at radius 2 is 1.82 bits per heavy atom. The van der Waals surface area contributed by atoms with Gasteiger partial charge in [-0.05, 0) is 36.4 Å². The molecule has 0 atom stereocenters. The van der Waals surface area contributed by atoms with Crippen LogP contribution in [0.15, 0.2) is 61.2 Å². The van der Waals surface area contributed by atoms with E-state index in [0.29, 0.717) is 17.3 Å². The highest BCUT2D eigenvalue weighted by molar-refractivity contribution is 6.05. The highest BCUT2D eigenvalue weighted by Gasteiger charge is 2.29. The molecule has 7 nitrogen and oxygen atoms in total. The Morgan fingerprint density at radius 3 is 2.50 bits per heavy atom. The van der Waals surface area contributed by atoms with Crippen LogP contribution in [0.5, 0.6) is 17.5 Å². The van der Waals surface area contributed by atoms with Crippen molar-refractivity contribution in [2.75, 3.05) is 11.9 Å². The average Bonchev–Trinajstić information content (AvgIpc) is 2.68. The van der Waals surface area contributed by atoms with Crippen molar-refractivity contribution in [1.29, 1.82) is 0 Å². The fraction of sp³-hybridized carbons (Fsp3) is 0.111. The fourth-order valence-electron chi connectivity index (χ4n) is 2.09. The predicted octanol–water partition coefficient (Wildman–Crippen LogP) is 3.86. The van der Waals surface area contributed by atoms with Gasteiger partial charge in [0.25, 0.3) is 5.91 Å². The van der Waals surface area contributed by atoms with E-state index in [4.69, 9.17) is 4.74 Å². The first kappa shape index (κ1) is 19.1. The first-order valence-corrected chi connectivity index (χ1v) is 7.90. The summed E-state index contributed by atoms with van der Waals surface area (Å²) in [6.07, 6.45) is 1.14. The number of amides is 1. The molecule has 3 rings (SSSR count). The van der Waals surface area contributed by atoms with Gasteiger partial charge in [0, 0.05) is 24.3 Å². The minimum Gasteiger partial charge on any atom is -0.467 e. The van der Waals surface area contributed by atoms with Crippen LogP contribution in [-0.4, -0.2) is 33.6 Å². The number of carbonyl (C=O) groups excluding carboxylic acids is 1. The summed E-state index contributed by atoms with van der Waals surface area (Å²) >= 11 is 0. The number of rotatable bonds is 6. The summed E-state index contributed by atoms with van der Waals surface area (Å²) in [6.45, 7) is -1.54. The number of hydrogen-bond donors (Lipinski definition) is 1. The smallest absolute Gasteiger partial charge is 0.422 e. The third-order valence-electron chi connectivity index (χ3n) is 3.26. The van der Waals surface area contributed by atoms with E-state index in [1.54, 1.807) is 24.3 Å². The van der Waals surface area contributed by atoms with E-state index in [9.17, 15) is 18.0 Å². The van der Waals surface area contributed by atoms with Crippen LogP contribution in [0.2, 0.25) is 0 Å². The van der Waals surface area contributed by atoms with Gasteiger partial charge in [-0.1, -0.05) is 0 Å². The zero-order valence-electron chi connectivity index (χ0n) is 14.2. The maximum Gasteiger partial charge on any atom is 0.422 e. The Kier molecular flexibility index (Phi) is 5.68. The maximum atomic E-state index is 12.4. The van der Waals surface area contributed by atoms with Crippen LogP contribution in [0, 0.1) is 0 Å². The van der Waals surface area contributed by atoms with Crippen molar-refractivity contribution >= 4 is 11.6 Å². The summed E-state index contributed by atoms with van der Waals surface area (Å²) < 4.78 is 47.1. The molecule has 0 aliphatic rings. The molecule has 2 aromatic heterocycles. The van der Waals surface area contributed by atoms with Gasteiger partial charge in [0.2, 0.25) is 11.8 Å². The number of ether oxygens (including phenoxy) is 2. The number of halogens is 3. The van der Waals surface area contributed by atoms with Crippen molar-refractivity contribution in [1.82, 2.24) is 15.0 Å². The largest absolute Gasteiger partial charge is 0.467 e. The molecule has 0 aliphatic carbocycles. The second-order valence-electron chi connectivity index (χ2n) is 5.38. The van der Waals surface area contributed by atoms with E-state index >= 15 is 0 Å². The number of alkyl halides is 3. The molecule has 1 aromatic carbocycles. The number of pyridine rings is 1. The molecular formula is C18H13F3N4O3. The van der Waals surface area contributed by atoms with E-state index < -0.39 is 24.6 Å². The van der Waals surface area contributed by atoms with E-state index in [2.05, 4.69) is 25.0 Å². The number of carbonyl (C=O) groups is 1. The molecule has 144 valence electrons. The molecule has 0 radical (unpaired) electrons. The zero-order valence-corrected chi connectivity index (χ0v) is 14.2. The molecule has 3 aromatic rings. The number of nitrogens with zero attached hydrogens (tertiary/aromatic N) is 3. The zero-order chi connectivity index (χ0) is 20.0. The standard InChI is InChI=1S/C18H13F3N4O3/c19-18(20,21)11-27-17-14(2-1-7-24-17)16(26)25-12-3-5-13(6-4-12)28-15-10-22-8-9-23-15/h1-10H,11H2,(H,25,26). The second-order valence-corrected chi connectivity index (χ2v) is 5.38. The molecule has 0 bridgehead atoms. The van der Waals surface area contributed by atoms with Gasteiger partial charge < -0.3 is 14.8 Å². The average molecular weight is 390 g/mol. The topological polar surface area (TPSA) is 86.2 Å². The van der Waals surface area contributed by atoms with Gasteiger partial charge in [-0.2, -0.15) is 13.2 Å². The van der Waals surface area contributed by atoms with Crippen LogP contribution < -0.4 is 14.8 Å². The Morgan fingerprint density at radius 1 is 1.04 bits per heavy atom. The summed E-state index contributed by atoms with van der Waals surface area (Å²) in [6, 6.07) is 9.06. The lowest BCUT2D eigenvalue weighted by molar-refractivity contribution is -0.154. The summed E-state index contributed by atoms with van der Waals surface area (Å²) in [4.78, 5) is 23.9. The highest BCUT2D eigenvalue weighted by atomic mass is 19.4. The summed E-state index contributed by atoms with van der Waals surface area (Å²) in [5, 5.41) is 2.56. The quantitative estimate of drug-likeness (QED) is 0.688. The lowest BCUT2D eigenvalue weighted by Gasteiger charge is -2.12. The van der Waals surface area contributed by atoms with Gasteiger partial charge in [-0.25, -0.2) is 9.97 Å². The molecule has 0 saturated heterocycles. The SMILES string of the molecule is O=C(Nc1ccc(Oc2cnccn2)cc1)c1cccnc1OCC(F)(F)F. The normalized spacial score (nSPS) is 11.0. The number of nitrogens with one attached hydrogen (secondary N) is 1. The van der Waals surface area contributed by atoms with E-state index in [1.165, 1.54) is 36.9 Å². The van der Waals surface area contributed by atoms with E-state index in [1.807, 2.05) is 0 Å². The van der Waals surface area contributed by atoms with Gasteiger partial charge in [-0.15, -0.1) is 0 Å². The molecule has 0 unspecified atom stereocenters. The number of benzene rings is 1. The molecule has 28 heavy (non-hydrogen) atoms. The van der Waals surface area contributed by atoms with Crippen LogP contribution in [0.4, 0.5) is 18.9 Å². The molecule has 0 saturated carbocycles. The van der Waals surface area contributed by atoms with E-state index in [0.717, 1.165) is 0 Å². The van der Waals surface area contributed by atoms with Crippen molar-refractivity contribution in [3.63, 3.8) is 0 Å². The third-order valence-corrected chi connectivity index (χ3v) is 3.26. The van der Waals surface area contributed by atoms with Crippen LogP contribution in [0.1, 0.15) is 10.4 Å². The van der Waals surface area contributed by atoms with Crippen LogP contribution in [0.3, 0.4) is 0 Å². The molecular weight excluding hydrogens is 377 g/mol. The molecule has 0 fully saturated rings. The van der Waals surface area contributed by atoms with Crippen LogP contribution in [0.25, 0.3) is 0 Å². The maximum absolute atomic E-state index is 12.4. The molecule has 2 heterocycles. The Labute approximate surface area is 157 Å².